The van der Waals surface area contributed by atoms with Crippen molar-refractivity contribution >= 4 is 5.97 Å². The maximum Gasteiger partial charge on any atom is 0.323 e. The molecule has 1 saturated heterocycles. The zero-order valence-electron chi connectivity index (χ0n) is 11.4. The van der Waals surface area contributed by atoms with Gasteiger partial charge in [0.15, 0.2) is 0 Å². The van der Waals surface area contributed by atoms with E-state index in [1.807, 2.05) is 0 Å². The van der Waals surface area contributed by atoms with Gasteiger partial charge in [-0.15, -0.1) is 0 Å². The Bertz CT molecular complexity index is 277. The molecule has 1 aliphatic heterocycles. The van der Waals surface area contributed by atoms with Gasteiger partial charge in [-0.1, -0.05) is 13.8 Å². The normalized spacial score (nSPS) is 27.1. The summed E-state index contributed by atoms with van der Waals surface area (Å²) in [6.07, 6.45) is 1.73. The molecule has 0 bridgehead atoms. The summed E-state index contributed by atoms with van der Waals surface area (Å²) in [6.45, 7) is 10.3. The molecule has 100 valence electrons. The van der Waals surface area contributed by atoms with E-state index in [1.165, 1.54) is 6.42 Å². The molecule has 4 heteroatoms. The van der Waals surface area contributed by atoms with Gasteiger partial charge in [-0.3, -0.25) is 4.79 Å². The number of hydrogen-bond acceptors (Lipinski definition) is 3. The SMILES string of the molecule is CC(C)C1CCN(C(C)CC(C)(N)C(=O)O)C1. The molecule has 0 aromatic heterocycles. The first-order chi connectivity index (χ1) is 7.74. The fourth-order valence-corrected chi connectivity index (χ4v) is 2.59. The standard InChI is InChI=1S/C13H26N2O2/c1-9(2)11-5-6-15(8-11)10(3)7-13(4,14)12(16)17/h9-11H,5-8,14H2,1-4H3,(H,16,17). The van der Waals surface area contributed by atoms with Crippen molar-refractivity contribution in [1.82, 2.24) is 4.90 Å². The Balaban J connectivity index is 2.50. The fraction of sp³-hybridized carbons (Fsp3) is 0.923. The Kier molecular flexibility index (Phi) is 4.55. The highest BCUT2D eigenvalue weighted by Crippen LogP contribution is 2.27. The van der Waals surface area contributed by atoms with Crippen molar-refractivity contribution in [2.45, 2.75) is 52.1 Å². The van der Waals surface area contributed by atoms with Crippen molar-refractivity contribution in [1.29, 1.82) is 0 Å². The number of aliphatic carboxylic acids is 1. The summed E-state index contributed by atoms with van der Waals surface area (Å²) >= 11 is 0. The van der Waals surface area contributed by atoms with Crippen molar-refractivity contribution in [2.24, 2.45) is 17.6 Å². The molecule has 0 aromatic rings. The Morgan fingerprint density at radius 3 is 2.53 bits per heavy atom. The van der Waals surface area contributed by atoms with Crippen molar-refractivity contribution in [3.05, 3.63) is 0 Å². The molecular formula is C13H26N2O2. The molecule has 0 aromatic carbocycles. The average molecular weight is 242 g/mol. The maximum absolute atomic E-state index is 11.0. The fourth-order valence-electron chi connectivity index (χ4n) is 2.59. The minimum atomic E-state index is -1.12. The number of likely N-dealkylation sites (tertiary alicyclic amines) is 1. The van der Waals surface area contributed by atoms with Crippen LogP contribution in [0.3, 0.4) is 0 Å². The number of carboxylic acids is 1. The molecule has 1 heterocycles. The second-order valence-electron chi connectivity index (χ2n) is 6.06. The lowest BCUT2D eigenvalue weighted by molar-refractivity contribution is -0.143. The van der Waals surface area contributed by atoms with Crippen LogP contribution in [0.1, 0.15) is 40.5 Å². The summed E-state index contributed by atoms with van der Waals surface area (Å²) < 4.78 is 0. The molecule has 0 radical (unpaired) electrons. The molecule has 0 spiro atoms. The molecule has 0 aliphatic carbocycles. The van der Waals surface area contributed by atoms with Crippen LogP contribution in [-0.4, -0.2) is 40.6 Å². The highest BCUT2D eigenvalue weighted by Gasteiger charge is 2.34. The van der Waals surface area contributed by atoms with Crippen molar-refractivity contribution in [3.63, 3.8) is 0 Å². The molecule has 3 unspecified atom stereocenters. The van der Waals surface area contributed by atoms with E-state index in [9.17, 15) is 4.79 Å². The van der Waals surface area contributed by atoms with Gasteiger partial charge in [0, 0.05) is 12.6 Å². The third-order valence-electron chi connectivity index (χ3n) is 4.03. The van der Waals surface area contributed by atoms with Gasteiger partial charge >= 0.3 is 5.97 Å². The zero-order valence-corrected chi connectivity index (χ0v) is 11.4. The Labute approximate surface area is 104 Å². The van der Waals surface area contributed by atoms with E-state index in [2.05, 4.69) is 25.7 Å². The first kappa shape index (κ1) is 14.5. The van der Waals surface area contributed by atoms with Crippen LogP contribution in [0.2, 0.25) is 0 Å². The Hall–Kier alpha value is -0.610. The second kappa shape index (κ2) is 5.36. The summed E-state index contributed by atoms with van der Waals surface area (Å²) in [5.41, 5.74) is 4.68. The average Bonchev–Trinajstić information content (AvgIpc) is 2.65. The third kappa shape index (κ3) is 3.68. The highest BCUT2D eigenvalue weighted by molar-refractivity contribution is 5.77. The van der Waals surface area contributed by atoms with E-state index >= 15 is 0 Å². The molecule has 1 rings (SSSR count). The van der Waals surface area contributed by atoms with Gasteiger partial charge in [0.05, 0.1) is 0 Å². The lowest BCUT2D eigenvalue weighted by Gasteiger charge is -2.30. The lowest BCUT2D eigenvalue weighted by atomic mass is 9.93. The van der Waals surface area contributed by atoms with Gasteiger partial charge in [0.2, 0.25) is 0 Å². The summed E-state index contributed by atoms with van der Waals surface area (Å²) in [7, 11) is 0. The van der Waals surface area contributed by atoms with E-state index in [0.29, 0.717) is 12.3 Å². The molecule has 1 aliphatic rings. The van der Waals surface area contributed by atoms with Crippen LogP contribution in [0.15, 0.2) is 0 Å². The van der Waals surface area contributed by atoms with Crippen molar-refractivity contribution < 1.29 is 9.90 Å². The van der Waals surface area contributed by atoms with Crippen molar-refractivity contribution in [2.75, 3.05) is 13.1 Å². The summed E-state index contributed by atoms with van der Waals surface area (Å²) in [6, 6.07) is 0.241. The minimum absolute atomic E-state index is 0.241. The number of rotatable bonds is 5. The largest absolute Gasteiger partial charge is 0.480 e. The third-order valence-corrected chi connectivity index (χ3v) is 4.03. The van der Waals surface area contributed by atoms with E-state index in [0.717, 1.165) is 19.0 Å². The van der Waals surface area contributed by atoms with Crippen LogP contribution in [-0.2, 0) is 4.79 Å². The predicted octanol–water partition coefficient (Wildman–Crippen LogP) is 1.54. The van der Waals surface area contributed by atoms with Crippen molar-refractivity contribution in [3.8, 4) is 0 Å². The molecule has 3 N–H and O–H groups in total. The van der Waals surface area contributed by atoms with E-state index in [-0.39, 0.29) is 6.04 Å². The number of carboxylic acid groups (broad SMARTS) is 1. The molecule has 1 fully saturated rings. The van der Waals surface area contributed by atoms with Gasteiger partial charge in [-0.05, 0) is 45.1 Å². The highest BCUT2D eigenvalue weighted by atomic mass is 16.4. The Morgan fingerprint density at radius 2 is 2.12 bits per heavy atom. The van der Waals surface area contributed by atoms with Gasteiger partial charge in [0.1, 0.15) is 5.54 Å². The molecule has 17 heavy (non-hydrogen) atoms. The predicted molar refractivity (Wildman–Crippen MR) is 68.8 cm³/mol. The van der Waals surface area contributed by atoms with Gasteiger partial charge < -0.3 is 15.7 Å². The van der Waals surface area contributed by atoms with Crippen LogP contribution in [0.25, 0.3) is 0 Å². The van der Waals surface area contributed by atoms with Crippen LogP contribution >= 0.6 is 0 Å². The molecular weight excluding hydrogens is 216 g/mol. The topological polar surface area (TPSA) is 66.6 Å². The first-order valence-electron chi connectivity index (χ1n) is 6.50. The molecule has 4 nitrogen and oxygen atoms in total. The molecule has 3 atom stereocenters. The number of hydrogen-bond donors (Lipinski definition) is 2. The monoisotopic (exact) mass is 242 g/mol. The number of nitrogens with zero attached hydrogens (tertiary/aromatic N) is 1. The smallest absolute Gasteiger partial charge is 0.323 e. The maximum atomic E-state index is 11.0. The van der Waals surface area contributed by atoms with E-state index in [1.54, 1.807) is 6.92 Å². The lowest BCUT2D eigenvalue weighted by Crippen LogP contribution is -2.50. The quantitative estimate of drug-likeness (QED) is 0.767. The van der Waals surface area contributed by atoms with E-state index < -0.39 is 11.5 Å². The number of nitrogens with two attached hydrogens (primary N) is 1. The van der Waals surface area contributed by atoms with Gasteiger partial charge in [0.25, 0.3) is 0 Å². The Morgan fingerprint density at radius 1 is 1.53 bits per heavy atom. The first-order valence-corrected chi connectivity index (χ1v) is 6.50. The molecule has 0 amide bonds. The summed E-state index contributed by atoms with van der Waals surface area (Å²) in [4.78, 5) is 13.4. The van der Waals surface area contributed by atoms with Crippen LogP contribution in [0, 0.1) is 11.8 Å². The zero-order chi connectivity index (χ0) is 13.2. The number of carbonyl (C=O) groups is 1. The summed E-state index contributed by atoms with van der Waals surface area (Å²) in [5.74, 6) is 0.534. The van der Waals surface area contributed by atoms with E-state index in [4.69, 9.17) is 10.8 Å². The minimum Gasteiger partial charge on any atom is -0.480 e. The summed E-state index contributed by atoms with van der Waals surface area (Å²) in [5, 5.41) is 9.03. The van der Waals surface area contributed by atoms with Crippen LogP contribution < -0.4 is 5.73 Å². The van der Waals surface area contributed by atoms with Gasteiger partial charge in [-0.2, -0.15) is 0 Å². The molecule has 0 saturated carbocycles. The van der Waals surface area contributed by atoms with Gasteiger partial charge in [-0.25, -0.2) is 0 Å². The second-order valence-corrected chi connectivity index (χ2v) is 6.06. The van der Waals surface area contributed by atoms with Crippen LogP contribution in [0.5, 0.6) is 0 Å². The van der Waals surface area contributed by atoms with Crippen LogP contribution in [0.4, 0.5) is 0 Å².